The van der Waals surface area contributed by atoms with Crippen LogP contribution in [0.5, 0.6) is 17.2 Å². The molecule has 0 amide bonds. The zero-order chi connectivity index (χ0) is 24.9. The van der Waals surface area contributed by atoms with Crippen LogP contribution in [0.1, 0.15) is 5.56 Å². The monoisotopic (exact) mass is 493 g/mol. The Morgan fingerprint density at radius 3 is 2.92 bits per heavy atom. The van der Waals surface area contributed by atoms with Gasteiger partial charge in [-0.3, -0.25) is 0 Å². The number of aromatic nitrogens is 4. The lowest BCUT2D eigenvalue weighted by Gasteiger charge is -2.42. The third-order valence-electron chi connectivity index (χ3n) is 7.17. The van der Waals surface area contributed by atoms with E-state index < -0.39 is 0 Å². The average molecular weight is 494 g/mol. The molecule has 7 rings (SSSR count). The standard InChI is InChI=1S/C28H27N7O2/c1-17-9-18(3-6-26(17)37-20-4-5-24-23(10-20)32-16-34(24)2)33-28-21-11-25-27(12-22(21)30-15-31-28)36-14-19-13-29-7-8-35(19)25/h3-6,9-12,15-16,19,29H,7-8,13-14H2,1-2H3,(H,30,31,33)/t19-/m0/s1. The fourth-order valence-corrected chi connectivity index (χ4v) is 5.21. The van der Waals surface area contributed by atoms with E-state index in [1.165, 1.54) is 0 Å². The van der Waals surface area contributed by atoms with E-state index >= 15 is 0 Å². The molecule has 4 heterocycles. The third-order valence-corrected chi connectivity index (χ3v) is 7.17. The number of benzene rings is 3. The Morgan fingerprint density at radius 1 is 1.05 bits per heavy atom. The van der Waals surface area contributed by atoms with Crippen molar-refractivity contribution in [3.8, 4) is 17.2 Å². The topological polar surface area (TPSA) is 89.4 Å². The molecule has 9 nitrogen and oxygen atoms in total. The molecule has 2 N–H and O–H groups in total. The molecule has 37 heavy (non-hydrogen) atoms. The van der Waals surface area contributed by atoms with Crippen molar-refractivity contribution in [3.05, 3.63) is 66.7 Å². The van der Waals surface area contributed by atoms with E-state index in [4.69, 9.17) is 9.47 Å². The van der Waals surface area contributed by atoms with Gasteiger partial charge in [-0.05, 0) is 48.9 Å². The normalized spacial score (nSPS) is 16.8. The van der Waals surface area contributed by atoms with Crippen molar-refractivity contribution in [1.29, 1.82) is 0 Å². The zero-order valence-corrected chi connectivity index (χ0v) is 20.7. The number of ether oxygens (including phenoxy) is 2. The number of rotatable bonds is 4. The number of hydrogen-bond acceptors (Lipinski definition) is 8. The molecule has 0 unspecified atom stereocenters. The van der Waals surface area contributed by atoms with Crippen LogP contribution in [0.3, 0.4) is 0 Å². The lowest BCUT2D eigenvalue weighted by Crippen LogP contribution is -2.55. The molecule has 3 aromatic carbocycles. The maximum atomic E-state index is 6.19. The van der Waals surface area contributed by atoms with Crippen LogP contribution in [0.2, 0.25) is 0 Å². The van der Waals surface area contributed by atoms with Gasteiger partial charge < -0.3 is 29.6 Å². The van der Waals surface area contributed by atoms with E-state index in [1.807, 2.05) is 61.3 Å². The number of piperazine rings is 1. The number of hydrogen-bond donors (Lipinski definition) is 2. The van der Waals surface area contributed by atoms with Crippen molar-refractivity contribution >= 4 is 39.1 Å². The summed E-state index contributed by atoms with van der Waals surface area (Å²) in [6.07, 6.45) is 3.40. The summed E-state index contributed by atoms with van der Waals surface area (Å²) in [7, 11) is 1.98. The predicted octanol–water partition coefficient (Wildman–Crippen LogP) is 4.53. The van der Waals surface area contributed by atoms with E-state index in [0.717, 1.165) is 81.6 Å². The van der Waals surface area contributed by atoms with Crippen LogP contribution in [0, 0.1) is 6.92 Å². The van der Waals surface area contributed by atoms with E-state index in [-0.39, 0.29) is 0 Å². The van der Waals surface area contributed by atoms with Crippen LogP contribution >= 0.6 is 0 Å². The van der Waals surface area contributed by atoms with Gasteiger partial charge in [0.15, 0.2) is 0 Å². The molecular formula is C28H27N7O2. The molecule has 0 radical (unpaired) electrons. The highest BCUT2D eigenvalue weighted by atomic mass is 16.5. The molecule has 0 aliphatic carbocycles. The molecule has 2 aliphatic rings. The summed E-state index contributed by atoms with van der Waals surface area (Å²) in [6.45, 7) is 5.57. The van der Waals surface area contributed by atoms with Crippen LogP contribution in [0.25, 0.3) is 21.9 Å². The highest BCUT2D eigenvalue weighted by molar-refractivity contribution is 5.95. The fourth-order valence-electron chi connectivity index (χ4n) is 5.21. The van der Waals surface area contributed by atoms with Crippen LogP contribution in [0.4, 0.5) is 17.2 Å². The summed E-state index contributed by atoms with van der Waals surface area (Å²) in [5.41, 5.74) is 5.88. The van der Waals surface area contributed by atoms with Crippen molar-refractivity contribution in [2.75, 3.05) is 36.5 Å². The summed E-state index contributed by atoms with van der Waals surface area (Å²) in [5, 5.41) is 7.91. The molecule has 0 spiro atoms. The van der Waals surface area contributed by atoms with Crippen molar-refractivity contribution < 1.29 is 9.47 Å². The first-order valence-corrected chi connectivity index (χ1v) is 12.5. The van der Waals surface area contributed by atoms with Gasteiger partial charge in [0.2, 0.25) is 0 Å². The Labute approximate surface area is 214 Å². The largest absolute Gasteiger partial charge is 0.489 e. The minimum absolute atomic E-state index is 0.341. The first kappa shape index (κ1) is 21.9. The Bertz CT molecular complexity index is 1650. The van der Waals surface area contributed by atoms with Gasteiger partial charge in [0.1, 0.15) is 36.0 Å². The van der Waals surface area contributed by atoms with E-state index in [9.17, 15) is 0 Å². The summed E-state index contributed by atoms with van der Waals surface area (Å²) < 4.78 is 14.3. The molecule has 0 bridgehead atoms. The van der Waals surface area contributed by atoms with Gasteiger partial charge in [-0.2, -0.15) is 0 Å². The smallest absolute Gasteiger partial charge is 0.144 e. The second-order valence-electron chi connectivity index (χ2n) is 9.64. The number of nitrogens with one attached hydrogen (secondary N) is 2. The SMILES string of the molecule is Cc1cc(Nc2ncnc3cc4c(cc23)N2CCNC[C@H]2CO4)ccc1Oc1ccc2c(c1)ncn2C. The Kier molecular flexibility index (Phi) is 5.10. The molecule has 5 aromatic rings. The quantitative estimate of drug-likeness (QED) is 0.378. The van der Waals surface area contributed by atoms with Gasteiger partial charge in [-0.1, -0.05) is 0 Å². The summed E-state index contributed by atoms with van der Waals surface area (Å²) in [6, 6.07) is 16.5. The van der Waals surface area contributed by atoms with Crippen molar-refractivity contribution in [2.45, 2.75) is 13.0 Å². The third kappa shape index (κ3) is 3.88. The first-order valence-electron chi connectivity index (χ1n) is 12.5. The van der Waals surface area contributed by atoms with Crippen LogP contribution in [0.15, 0.2) is 61.2 Å². The molecule has 186 valence electrons. The second-order valence-corrected chi connectivity index (χ2v) is 9.64. The van der Waals surface area contributed by atoms with Gasteiger partial charge in [0.05, 0.1) is 34.6 Å². The van der Waals surface area contributed by atoms with Gasteiger partial charge in [0, 0.05) is 49.9 Å². The van der Waals surface area contributed by atoms with Gasteiger partial charge in [0.25, 0.3) is 0 Å². The summed E-state index contributed by atoms with van der Waals surface area (Å²) in [5.74, 6) is 3.20. The molecule has 1 atom stereocenters. The number of nitrogens with zero attached hydrogens (tertiary/aromatic N) is 5. The fraction of sp³-hybridized carbons (Fsp3) is 0.250. The average Bonchev–Trinajstić information content (AvgIpc) is 3.29. The Morgan fingerprint density at radius 2 is 2.00 bits per heavy atom. The summed E-state index contributed by atoms with van der Waals surface area (Å²) in [4.78, 5) is 15.9. The van der Waals surface area contributed by atoms with Gasteiger partial charge >= 0.3 is 0 Å². The maximum absolute atomic E-state index is 6.19. The van der Waals surface area contributed by atoms with Crippen molar-refractivity contribution in [3.63, 3.8) is 0 Å². The molecule has 9 heteroatoms. The molecule has 1 saturated heterocycles. The molecule has 2 aromatic heterocycles. The molecule has 0 saturated carbocycles. The lowest BCUT2D eigenvalue weighted by atomic mass is 10.1. The number of anilines is 3. The number of imidazole rings is 1. The molecular weight excluding hydrogens is 466 g/mol. The first-order chi connectivity index (χ1) is 18.1. The Balaban J connectivity index is 1.17. The molecule has 2 aliphatic heterocycles. The predicted molar refractivity (Wildman–Crippen MR) is 144 cm³/mol. The summed E-state index contributed by atoms with van der Waals surface area (Å²) >= 11 is 0. The van der Waals surface area contributed by atoms with Gasteiger partial charge in [-0.15, -0.1) is 0 Å². The number of aryl methyl sites for hydroxylation is 2. The second kappa shape index (κ2) is 8.63. The molecule has 1 fully saturated rings. The van der Waals surface area contributed by atoms with Crippen molar-refractivity contribution in [1.82, 2.24) is 24.8 Å². The van der Waals surface area contributed by atoms with E-state index in [2.05, 4.69) is 42.6 Å². The zero-order valence-electron chi connectivity index (χ0n) is 20.7. The maximum Gasteiger partial charge on any atom is 0.144 e. The van der Waals surface area contributed by atoms with Crippen LogP contribution < -0.4 is 25.0 Å². The lowest BCUT2D eigenvalue weighted by molar-refractivity contribution is 0.247. The van der Waals surface area contributed by atoms with E-state index in [0.29, 0.717) is 12.6 Å². The van der Waals surface area contributed by atoms with Crippen LogP contribution in [-0.4, -0.2) is 51.8 Å². The van der Waals surface area contributed by atoms with E-state index in [1.54, 1.807) is 6.33 Å². The minimum atomic E-state index is 0.341. The van der Waals surface area contributed by atoms with Crippen LogP contribution in [-0.2, 0) is 7.05 Å². The Hall–Kier alpha value is -4.37. The number of fused-ring (bicyclic) bond motifs is 5. The minimum Gasteiger partial charge on any atom is -0.489 e. The van der Waals surface area contributed by atoms with Crippen molar-refractivity contribution in [2.24, 2.45) is 7.05 Å². The van der Waals surface area contributed by atoms with Gasteiger partial charge in [-0.25, -0.2) is 15.0 Å². The highest BCUT2D eigenvalue weighted by Gasteiger charge is 2.30. The highest BCUT2D eigenvalue weighted by Crippen LogP contribution is 2.39.